The second-order valence-corrected chi connectivity index (χ2v) is 3.65. The number of carbonyl (C=O) groups is 1. The highest BCUT2D eigenvalue weighted by atomic mass is 19.1. The summed E-state index contributed by atoms with van der Waals surface area (Å²) in [5, 5.41) is 0. The summed E-state index contributed by atoms with van der Waals surface area (Å²) in [6.07, 6.45) is -0.415. The Morgan fingerprint density at radius 2 is 2.38 bits per heavy atom. The van der Waals surface area contributed by atoms with E-state index in [4.69, 9.17) is 10.5 Å². The molecule has 1 aromatic carbocycles. The molecule has 5 heteroatoms. The van der Waals surface area contributed by atoms with Crippen molar-refractivity contribution >= 4 is 5.97 Å². The fourth-order valence-electron chi connectivity index (χ4n) is 1.75. The third-order valence-corrected chi connectivity index (χ3v) is 2.57. The van der Waals surface area contributed by atoms with Crippen molar-refractivity contribution in [1.82, 2.24) is 0 Å². The van der Waals surface area contributed by atoms with E-state index in [0.717, 1.165) is 0 Å². The minimum absolute atomic E-state index is 0.295. The number of esters is 1. The van der Waals surface area contributed by atoms with Gasteiger partial charge in [0, 0.05) is 18.0 Å². The first-order valence-electron chi connectivity index (χ1n) is 4.91. The van der Waals surface area contributed by atoms with E-state index >= 15 is 0 Å². The van der Waals surface area contributed by atoms with Gasteiger partial charge in [-0.2, -0.15) is 0 Å². The van der Waals surface area contributed by atoms with Crippen LogP contribution in [0, 0.1) is 5.82 Å². The zero-order valence-corrected chi connectivity index (χ0v) is 8.77. The number of rotatable bonds is 1. The lowest BCUT2D eigenvalue weighted by atomic mass is 9.97. The molecule has 16 heavy (non-hydrogen) atoms. The van der Waals surface area contributed by atoms with Crippen LogP contribution in [0.4, 0.5) is 4.39 Å². The fourth-order valence-corrected chi connectivity index (χ4v) is 1.75. The number of hydrogen-bond acceptors (Lipinski definition) is 4. The van der Waals surface area contributed by atoms with Gasteiger partial charge < -0.3 is 15.2 Å². The van der Waals surface area contributed by atoms with Crippen LogP contribution in [0.1, 0.15) is 18.0 Å². The normalized spacial score (nSPS) is 23.2. The average Bonchev–Trinajstić information content (AvgIpc) is 2.28. The molecule has 1 aromatic rings. The van der Waals surface area contributed by atoms with Gasteiger partial charge in [0.25, 0.3) is 0 Å². The summed E-state index contributed by atoms with van der Waals surface area (Å²) in [7, 11) is 1.29. The Bertz CT molecular complexity index is 422. The summed E-state index contributed by atoms with van der Waals surface area (Å²) in [5.74, 6) is -0.393. The topological polar surface area (TPSA) is 61.5 Å². The molecule has 2 rings (SSSR count). The highest BCUT2D eigenvalue weighted by molar-refractivity contribution is 5.75. The first-order chi connectivity index (χ1) is 7.61. The second-order valence-electron chi connectivity index (χ2n) is 3.65. The number of halogens is 1. The van der Waals surface area contributed by atoms with Gasteiger partial charge in [0.05, 0.1) is 7.11 Å². The molecule has 1 aliphatic rings. The zero-order valence-electron chi connectivity index (χ0n) is 8.77. The van der Waals surface area contributed by atoms with Crippen molar-refractivity contribution in [1.29, 1.82) is 0 Å². The van der Waals surface area contributed by atoms with Crippen LogP contribution in [0.3, 0.4) is 0 Å². The maximum Gasteiger partial charge on any atom is 0.347 e. The Morgan fingerprint density at radius 3 is 3.06 bits per heavy atom. The van der Waals surface area contributed by atoms with Gasteiger partial charge in [-0.05, 0) is 18.2 Å². The van der Waals surface area contributed by atoms with Crippen molar-refractivity contribution in [3.05, 3.63) is 29.6 Å². The first-order valence-corrected chi connectivity index (χ1v) is 4.91. The summed E-state index contributed by atoms with van der Waals surface area (Å²) in [6.45, 7) is 0. The number of methoxy groups -OCH3 is 1. The molecular formula is C11H12FNO3. The van der Waals surface area contributed by atoms with Crippen LogP contribution in [0.15, 0.2) is 18.2 Å². The smallest absolute Gasteiger partial charge is 0.347 e. The largest absolute Gasteiger partial charge is 0.478 e. The minimum Gasteiger partial charge on any atom is -0.478 e. The third kappa shape index (κ3) is 1.86. The zero-order chi connectivity index (χ0) is 11.7. The SMILES string of the molecule is COC(=O)[C@@H]1C[C@@H](N)c2cc(F)ccc2O1. The summed E-state index contributed by atoms with van der Waals surface area (Å²) in [4.78, 5) is 11.3. The van der Waals surface area contributed by atoms with Crippen LogP contribution >= 0.6 is 0 Å². The standard InChI is InChI=1S/C11H12FNO3/c1-15-11(14)10-5-8(13)7-4-6(12)2-3-9(7)16-10/h2-4,8,10H,5,13H2,1H3/t8-,10+/m1/s1. The Kier molecular flexibility index (Phi) is 2.78. The summed E-state index contributed by atoms with van der Waals surface area (Å²) < 4.78 is 23.0. The van der Waals surface area contributed by atoms with Crippen molar-refractivity contribution in [2.75, 3.05) is 7.11 Å². The maximum absolute atomic E-state index is 13.0. The highest BCUT2D eigenvalue weighted by Gasteiger charge is 2.31. The van der Waals surface area contributed by atoms with Gasteiger partial charge >= 0.3 is 5.97 Å². The van der Waals surface area contributed by atoms with Gasteiger partial charge in [-0.25, -0.2) is 9.18 Å². The Morgan fingerprint density at radius 1 is 1.62 bits per heavy atom. The number of carbonyl (C=O) groups excluding carboxylic acids is 1. The molecule has 0 fully saturated rings. The molecule has 0 saturated heterocycles. The molecule has 0 amide bonds. The maximum atomic E-state index is 13.0. The van der Waals surface area contributed by atoms with E-state index < -0.39 is 18.1 Å². The van der Waals surface area contributed by atoms with Crippen LogP contribution in [0.25, 0.3) is 0 Å². The molecule has 4 nitrogen and oxygen atoms in total. The fraction of sp³-hybridized carbons (Fsp3) is 0.364. The lowest BCUT2D eigenvalue weighted by Gasteiger charge is -2.28. The summed E-state index contributed by atoms with van der Waals surface area (Å²) in [5.41, 5.74) is 6.43. The quantitative estimate of drug-likeness (QED) is 0.728. The van der Waals surface area contributed by atoms with Gasteiger partial charge in [0.1, 0.15) is 11.6 Å². The van der Waals surface area contributed by atoms with Gasteiger partial charge in [-0.1, -0.05) is 0 Å². The molecule has 0 saturated carbocycles. The molecule has 2 N–H and O–H groups in total. The van der Waals surface area contributed by atoms with Gasteiger partial charge in [0.15, 0.2) is 6.10 Å². The summed E-state index contributed by atoms with van der Waals surface area (Å²) >= 11 is 0. The molecule has 0 spiro atoms. The number of ether oxygens (including phenoxy) is 2. The molecule has 0 aliphatic carbocycles. The molecule has 0 radical (unpaired) electrons. The molecular weight excluding hydrogens is 213 g/mol. The van der Waals surface area contributed by atoms with Crippen molar-refractivity contribution in [3.8, 4) is 5.75 Å². The van der Waals surface area contributed by atoms with E-state index in [-0.39, 0.29) is 5.82 Å². The van der Waals surface area contributed by atoms with Crippen LogP contribution in [-0.4, -0.2) is 19.2 Å². The van der Waals surface area contributed by atoms with Crippen LogP contribution in [0.5, 0.6) is 5.75 Å². The van der Waals surface area contributed by atoms with E-state index in [1.54, 1.807) is 0 Å². The monoisotopic (exact) mass is 225 g/mol. The Hall–Kier alpha value is -1.62. The molecule has 1 heterocycles. The second kappa shape index (κ2) is 4.09. The van der Waals surface area contributed by atoms with E-state index in [9.17, 15) is 9.18 Å². The van der Waals surface area contributed by atoms with E-state index in [1.165, 1.54) is 25.3 Å². The van der Waals surface area contributed by atoms with E-state index in [1.807, 2.05) is 0 Å². The number of benzene rings is 1. The number of nitrogens with two attached hydrogens (primary N) is 1. The van der Waals surface area contributed by atoms with Crippen LogP contribution in [0.2, 0.25) is 0 Å². The van der Waals surface area contributed by atoms with Crippen LogP contribution < -0.4 is 10.5 Å². The molecule has 0 bridgehead atoms. The van der Waals surface area contributed by atoms with E-state index in [2.05, 4.69) is 4.74 Å². The predicted octanol–water partition coefficient (Wildman–Crippen LogP) is 1.15. The number of fused-ring (bicyclic) bond motifs is 1. The Labute approximate surface area is 92.1 Å². The molecule has 2 atom stereocenters. The Balaban J connectivity index is 2.30. The third-order valence-electron chi connectivity index (χ3n) is 2.57. The molecule has 86 valence electrons. The van der Waals surface area contributed by atoms with E-state index in [0.29, 0.717) is 17.7 Å². The lowest BCUT2D eigenvalue weighted by molar-refractivity contribution is -0.149. The average molecular weight is 225 g/mol. The highest BCUT2D eigenvalue weighted by Crippen LogP contribution is 2.33. The molecule has 1 aliphatic heterocycles. The van der Waals surface area contributed by atoms with Crippen molar-refractivity contribution in [3.63, 3.8) is 0 Å². The predicted molar refractivity (Wildman–Crippen MR) is 54.4 cm³/mol. The van der Waals surface area contributed by atoms with Crippen molar-refractivity contribution in [2.45, 2.75) is 18.6 Å². The van der Waals surface area contributed by atoms with Crippen molar-refractivity contribution in [2.24, 2.45) is 5.73 Å². The van der Waals surface area contributed by atoms with Crippen molar-refractivity contribution < 1.29 is 18.7 Å². The number of hydrogen-bond donors (Lipinski definition) is 1. The first kappa shape index (κ1) is 10.9. The lowest BCUT2D eigenvalue weighted by Crippen LogP contribution is -2.36. The van der Waals surface area contributed by atoms with Gasteiger partial charge in [-0.3, -0.25) is 0 Å². The molecule has 0 unspecified atom stereocenters. The van der Waals surface area contributed by atoms with Gasteiger partial charge in [0.2, 0.25) is 0 Å². The molecule has 0 aromatic heterocycles. The minimum atomic E-state index is -0.710. The van der Waals surface area contributed by atoms with Crippen LogP contribution in [-0.2, 0) is 9.53 Å². The summed E-state index contributed by atoms with van der Waals surface area (Å²) in [6, 6.07) is 3.65. The van der Waals surface area contributed by atoms with Gasteiger partial charge in [-0.15, -0.1) is 0 Å².